The van der Waals surface area contributed by atoms with E-state index in [0.29, 0.717) is 23.4 Å². The highest BCUT2D eigenvalue weighted by Crippen LogP contribution is 2.16. The number of likely N-dealkylation sites (tertiary alicyclic amines) is 1. The summed E-state index contributed by atoms with van der Waals surface area (Å²) < 4.78 is 5.09. The van der Waals surface area contributed by atoms with Crippen LogP contribution in [0.4, 0.5) is 5.69 Å². The van der Waals surface area contributed by atoms with Crippen molar-refractivity contribution in [1.82, 2.24) is 4.90 Å². The van der Waals surface area contributed by atoms with Crippen LogP contribution in [0.25, 0.3) is 0 Å². The van der Waals surface area contributed by atoms with Crippen LogP contribution in [0.1, 0.15) is 39.1 Å². The standard InChI is InChI=1S/C20H22N2O3/c1-25-14-15-5-4-6-17(13-15)19(23)21-18-9-7-16(8-10-18)20(24)22-11-2-3-12-22/h4-10,13H,2-3,11-12,14H2,1H3,(H,21,23). The van der Waals surface area contributed by atoms with Crippen molar-refractivity contribution in [2.75, 3.05) is 25.5 Å². The topological polar surface area (TPSA) is 58.6 Å². The lowest BCUT2D eigenvalue weighted by Gasteiger charge is -2.15. The fraction of sp³-hybridized carbons (Fsp3) is 0.300. The average molecular weight is 338 g/mol. The molecule has 130 valence electrons. The van der Waals surface area contributed by atoms with Crippen molar-refractivity contribution in [2.24, 2.45) is 0 Å². The minimum Gasteiger partial charge on any atom is -0.380 e. The van der Waals surface area contributed by atoms with E-state index in [1.54, 1.807) is 37.4 Å². The summed E-state index contributed by atoms with van der Waals surface area (Å²) in [6.45, 7) is 2.12. The first-order chi connectivity index (χ1) is 12.2. The van der Waals surface area contributed by atoms with E-state index in [2.05, 4.69) is 5.32 Å². The molecule has 1 aliphatic rings. The lowest BCUT2D eigenvalue weighted by atomic mass is 10.1. The monoisotopic (exact) mass is 338 g/mol. The Morgan fingerprint density at radius 3 is 2.44 bits per heavy atom. The van der Waals surface area contributed by atoms with Crippen molar-refractivity contribution in [3.63, 3.8) is 0 Å². The minimum absolute atomic E-state index is 0.0580. The number of carbonyl (C=O) groups is 2. The van der Waals surface area contributed by atoms with Crippen molar-refractivity contribution in [1.29, 1.82) is 0 Å². The van der Waals surface area contributed by atoms with Crippen LogP contribution in [0.3, 0.4) is 0 Å². The Morgan fingerprint density at radius 2 is 1.76 bits per heavy atom. The number of anilines is 1. The van der Waals surface area contributed by atoms with Gasteiger partial charge >= 0.3 is 0 Å². The number of hydrogen-bond acceptors (Lipinski definition) is 3. The van der Waals surface area contributed by atoms with E-state index in [1.807, 2.05) is 23.1 Å². The molecule has 1 saturated heterocycles. The highest BCUT2D eigenvalue weighted by atomic mass is 16.5. The van der Waals surface area contributed by atoms with Crippen LogP contribution in [0.5, 0.6) is 0 Å². The summed E-state index contributed by atoms with van der Waals surface area (Å²) in [5.74, 6) is -0.126. The predicted molar refractivity (Wildman–Crippen MR) is 96.7 cm³/mol. The highest BCUT2D eigenvalue weighted by molar-refractivity contribution is 6.04. The SMILES string of the molecule is COCc1cccc(C(=O)Nc2ccc(C(=O)N3CCCC3)cc2)c1. The number of nitrogens with one attached hydrogen (secondary N) is 1. The van der Waals surface area contributed by atoms with Gasteiger partial charge in [-0.3, -0.25) is 9.59 Å². The number of methoxy groups -OCH3 is 1. The van der Waals surface area contributed by atoms with Gasteiger partial charge in [0.25, 0.3) is 11.8 Å². The van der Waals surface area contributed by atoms with Crippen LogP contribution in [-0.2, 0) is 11.3 Å². The Bertz CT molecular complexity index is 750. The Hall–Kier alpha value is -2.66. The summed E-state index contributed by atoms with van der Waals surface area (Å²) in [7, 11) is 1.62. The van der Waals surface area contributed by atoms with Crippen LogP contribution < -0.4 is 5.32 Å². The highest BCUT2D eigenvalue weighted by Gasteiger charge is 2.19. The van der Waals surface area contributed by atoms with E-state index in [9.17, 15) is 9.59 Å². The zero-order chi connectivity index (χ0) is 17.6. The van der Waals surface area contributed by atoms with Gasteiger partial charge in [-0.25, -0.2) is 0 Å². The molecule has 0 saturated carbocycles. The van der Waals surface area contributed by atoms with Crippen LogP contribution >= 0.6 is 0 Å². The lowest BCUT2D eigenvalue weighted by Crippen LogP contribution is -2.27. The number of rotatable bonds is 5. The van der Waals surface area contributed by atoms with Crippen molar-refractivity contribution >= 4 is 17.5 Å². The molecule has 0 unspecified atom stereocenters. The number of carbonyl (C=O) groups excluding carboxylic acids is 2. The number of amides is 2. The van der Waals surface area contributed by atoms with E-state index in [4.69, 9.17) is 4.74 Å². The number of benzene rings is 2. The van der Waals surface area contributed by atoms with Gasteiger partial charge in [-0.05, 0) is 54.8 Å². The van der Waals surface area contributed by atoms with Gasteiger partial charge in [-0.1, -0.05) is 12.1 Å². The quantitative estimate of drug-likeness (QED) is 0.910. The Balaban J connectivity index is 1.65. The maximum atomic E-state index is 12.4. The minimum atomic E-state index is -0.184. The maximum absolute atomic E-state index is 12.4. The summed E-state index contributed by atoms with van der Waals surface area (Å²) in [6, 6.07) is 14.4. The summed E-state index contributed by atoms with van der Waals surface area (Å²) in [6.07, 6.45) is 2.14. The lowest BCUT2D eigenvalue weighted by molar-refractivity contribution is 0.0792. The van der Waals surface area contributed by atoms with Gasteiger partial charge < -0.3 is 15.0 Å². The molecule has 0 atom stereocenters. The summed E-state index contributed by atoms with van der Waals surface area (Å²) in [5.41, 5.74) is 2.84. The molecule has 0 aromatic heterocycles. The van der Waals surface area contributed by atoms with Crippen LogP contribution in [0, 0.1) is 0 Å². The normalized spacial score (nSPS) is 13.7. The maximum Gasteiger partial charge on any atom is 0.255 e. The van der Waals surface area contributed by atoms with E-state index >= 15 is 0 Å². The second-order valence-corrected chi connectivity index (χ2v) is 6.16. The molecule has 0 radical (unpaired) electrons. The molecule has 0 aliphatic carbocycles. The summed E-state index contributed by atoms with van der Waals surface area (Å²) in [4.78, 5) is 26.6. The molecule has 1 fully saturated rings. The summed E-state index contributed by atoms with van der Waals surface area (Å²) in [5, 5.41) is 2.86. The predicted octanol–water partition coefficient (Wildman–Crippen LogP) is 3.32. The molecule has 2 amide bonds. The fourth-order valence-electron chi connectivity index (χ4n) is 2.97. The second-order valence-electron chi connectivity index (χ2n) is 6.16. The fourth-order valence-corrected chi connectivity index (χ4v) is 2.97. The van der Waals surface area contributed by atoms with Gasteiger partial charge in [0.05, 0.1) is 6.61 Å². The zero-order valence-corrected chi connectivity index (χ0v) is 14.3. The third kappa shape index (κ3) is 4.25. The number of hydrogen-bond donors (Lipinski definition) is 1. The van der Waals surface area contributed by atoms with E-state index < -0.39 is 0 Å². The molecule has 3 rings (SSSR count). The molecule has 2 aromatic carbocycles. The smallest absolute Gasteiger partial charge is 0.255 e. The van der Waals surface area contributed by atoms with Crippen molar-refractivity contribution in [3.8, 4) is 0 Å². The van der Waals surface area contributed by atoms with Gasteiger partial charge in [-0.15, -0.1) is 0 Å². The molecule has 25 heavy (non-hydrogen) atoms. The first kappa shape index (κ1) is 17.2. The van der Waals surface area contributed by atoms with Crippen molar-refractivity contribution in [3.05, 3.63) is 65.2 Å². The molecule has 1 N–H and O–H groups in total. The van der Waals surface area contributed by atoms with Crippen LogP contribution in [0.15, 0.2) is 48.5 Å². The van der Waals surface area contributed by atoms with Crippen LogP contribution in [0.2, 0.25) is 0 Å². The second kappa shape index (κ2) is 7.94. The molecule has 0 spiro atoms. The first-order valence-electron chi connectivity index (χ1n) is 8.46. The van der Waals surface area contributed by atoms with Gasteiger partial charge in [0.2, 0.25) is 0 Å². The van der Waals surface area contributed by atoms with Gasteiger partial charge in [-0.2, -0.15) is 0 Å². The molecule has 2 aromatic rings. The molecular weight excluding hydrogens is 316 g/mol. The molecule has 0 bridgehead atoms. The van der Waals surface area contributed by atoms with Crippen molar-refractivity contribution in [2.45, 2.75) is 19.4 Å². The van der Waals surface area contributed by atoms with E-state index in [1.165, 1.54) is 0 Å². The Morgan fingerprint density at radius 1 is 1.04 bits per heavy atom. The summed E-state index contributed by atoms with van der Waals surface area (Å²) >= 11 is 0. The third-order valence-corrected chi connectivity index (χ3v) is 4.28. The zero-order valence-electron chi connectivity index (χ0n) is 14.3. The van der Waals surface area contributed by atoms with E-state index in [-0.39, 0.29) is 11.8 Å². The number of nitrogens with zero attached hydrogens (tertiary/aromatic N) is 1. The molecule has 1 aliphatic heterocycles. The number of ether oxygens (including phenoxy) is 1. The van der Waals surface area contributed by atoms with Gasteiger partial charge in [0.15, 0.2) is 0 Å². The third-order valence-electron chi connectivity index (χ3n) is 4.28. The average Bonchev–Trinajstić information content (AvgIpc) is 3.17. The van der Waals surface area contributed by atoms with Gasteiger partial charge in [0.1, 0.15) is 0 Å². The Kier molecular flexibility index (Phi) is 5.46. The Labute approximate surface area is 147 Å². The molecular formula is C20H22N2O3. The van der Waals surface area contributed by atoms with Gasteiger partial charge in [0, 0.05) is 37.0 Å². The molecule has 1 heterocycles. The first-order valence-corrected chi connectivity index (χ1v) is 8.46. The largest absolute Gasteiger partial charge is 0.380 e. The van der Waals surface area contributed by atoms with Crippen LogP contribution in [-0.4, -0.2) is 36.9 Å². The van der Waals surface area contributed by atoms with E-state index in [0.717, 1.165) is 31.5 Å². The molecule has 5 heteroatoms. The van der Waals surface area contributed by atoms with Crippen molar-refractivity contribution < 1.29 is 14.3 Å². The molecule has 5 nitrogen and oxygen atoms in total.